The van der Waals surface area contributed by atoms with Crippen LogP contribution in [0.3, 0.4) is 0 Å². The average Bonchev–Trinajstić information content (AvgIpc) is 3.41. The molecule has 2 aromatic rings. The van der Waals surface area contributed by atoms with Crippen molar-refractivity contribution in [3.63, 3.8) is 0 Å². The molecule has 1 fully saturated rings. The fourth-order valence-corrected chi connectivity index (χ4v) is 4.00. The monoisotopic (exact) mass is 591 g/mol. The van der Waals surface area contributed by atoms with Crippen molar-refractivity contribution in [3.8, 4) is 17.2 Å². The molecule has 1 unspecified atom stereocenters. The van der Waals surface area contributed by atoms with Gasteiger partial charge in [-0.25, -0.2) is 13.6 Å². The number of hydrogen-bond acceptors (Lipinski definition) is 8. The van der Waals surface area contributed by atoms with Gasteiger partial charge in [-0.2, -0.15) is 0 Å². The van der Waals surface area contributed by atoms with Crippen molar-refractivity contribution < 1.29 is 50.2 Å². The average molecular weight is 592 g/mol. The van der Waals surface area contributed by atoms with Crippen molar-refractivity contribution in [3.05, 3.63) is 30.2 Å². The Bertz CT molecular complexity index is 1180. The largest absolute Gasteiger partial charge is 0.573 e. The van der Waals surface area contributed by atoms with Crippen LogP contribution < -0.4 is 15.4 Å². The zero-order valence-electron chi connectivity index (χ0n) is 22.3. The van der Waals surface area contributed by atoms with Gasteiger partial charge < -0.3 is 29.4 Å². The second-order valence-electron chi connectivity index (χ2n) is 9.23. The Morgan fingerprint density at radius 2 is 1.66 bits per heavy atom. The van der Waals surface area contributed by atoms with E-state index >= 15 is 0 Å². The number of carbonyl (C=O) groups is 3. The second kappa shape index (κ2) is 13.7. The third kappa shape index (κ3) is 9.37. The predicted molar refractivity (Wildman–Crippen MR) is 132 cm³/mol. The fraction of sp³-hybridized carbons (Fsp3) is 0.560. The Morgan fingerprint density at radius 3 is 2.24 bits per heavy atom. The molecule has 3 amide bonds. The molecule has 1 aromatic heterocycles. The molecule has 2 atom stereocenters. The molecule has 0 radical (unpaired) electrons. The number of nitrogens with one attached hydrogen (secondary N) is 2. The minimum Gasteiger partial charge on any atom is -0.414 e. The zero-order chi connectivity index (χ0) is 30.2. The zero-order valence-corrected chi connectivity index (χ0v) is 22.3. The lowest BCUT2D eigenvalue weighted by molar-refractivity contribution is -0.274. The minimum atomic E-state index is -4.87. The number of Topliss-reactive ketones (excluding diaryl/α,β-unsaturated/α-hetero) is 1. The third-order valence-corrected chi connectivity index (χ3v) is 6.04. The second-order valence-corrected chi connectivity index (χ2v) is 9.23. The van der Waals surface area contributed by atoms with E-state index in [0.29, 0.717) is 0 Å². The van der Waals surface area contributed by atoms with E-state index in [1.54, 1.807) is 13.8 Å². The van der Waals surface area contributed by atoms with Gasteiger partial charge in [-0.15, -0.1) is 23.4 Å². The Kier molecular flexibility index (Phi) is 10.6. The molecule has 0 bridgehead atoms. The van der Waals surface area contributed by atoms with Gasteiger partial charge in [-0.05, 0) is 30.7 Å². The number of hydrogen-bond donors (Lipinski definition) is 2. The first-order valence-electron chi connectivity index (χ1n) is 12.9. The molecule has 226 valence electrons. The molecule has 1 aliphatic rings. The highest BCUT2D eigenvalue weighted by molar-refractivity contribution is 5.99. The summed E-state index contributed by atoms with van der Waals surface area (Å²) in [6, 6.07) is 0.825. The first-order valence-corrected chi connectivity index (χ1v) is 12.9. The first kappa shape index (κ1) is 31.7. The van der Waals surface area contributed by atoms with Gasteiger partial charge >= 0.3 is 12.4 Å². The molecule has 1 saturated heterocycles. The number of ketones is 1. The van der Waals surface area contributed by atoms with Crippen LogP contribution in [0.5, 0.6) is 5.75 Å². The van der Waals surface area contributed by atoms with Crippen molar-refractivity contribution in [2.75, 3.05) is 26.3 Å². The van der Waals surface area contributed by atoms with Crippen molar-refractivity contribution in [2.45, 2.75) is 63.9 Å². The van der Waals surface area contributed by atoms with Gasteiger partial charge in [0.25, 0.3) is 11.8 Å². The fourth-order valence-electron chi connectivity index (χ4n) is 4.00. The Labute approximate surface area is 231 Å². The van der Waals surface area contributed by atoms with Crippen LogP contribution in [0.25, 0.3) is 11.5 Å². The standard InChI is InChI=1S/C25H30F5N5O6/c1-3-9-24(26,27)14-18(32-23(38)35-10-12-39-13-11-35)20(37)31-17(4-2)19(36)22-34-33-21(40-22)15-5-7-16(8-6-15)41-25(28,29)30/h5-8,17-18H,3-4,9-14H2,1-2H3,(H,31,37)(H,32,38)/t17-,18?/m0/s1. The van der Waals surface area contributed by atoms with E-state index in [9.17, 15) is 36.3 Å². The maximum absolute atomic E-state index is 14.5. The molecule has 0 aliphatic carbocycles. The lowest BCUT2D eigenvalue weighted by atomic mass is 10.0. The lowest BCUT2D eigenvalue weighted by Gasteiger charge is -2.30. The maximum atomic E-state index is 14.5. The summed E-state index contributed by atoms with van der Waals surface area (Å²) in [6.07, 6.45) is -6.20. The number of benzene rings is 1. The molecular formula is C25H30F5N5O6. The molecule has 41 heavy (non-hydrogen) atoms. The highest BCUT2D eigenvalue weighted by Crippen LogP contribution is 2.28. The maximum Gasteiger partial charge on any atom is 0.573 e. The number of alkyl halides is 5. The topological polar surface area (TPSA) is 136 Å². The van der Waals surface area contributed by atoms with Crippen LogP contribution in [0.1, 0.15) is 50.2 Å². The summed E-state index contributed by atoms with van der Waals surface area (Å²) in [7, 11) is 0. The van der Waals surface area contributed by atoms with E-state index in [1.165, 1.54) is 17.0 Å². The normalized spacial score (nSPS) is 15.6. The molecule has 3 rings (SSSR count). The number of ether oxygens (including phenoxy) is 2. The number of rotatable bonds is 12. The van der Waals surface area contributed by atoms with E-state index in [0.717, 1.165) is 12.1 Å². The first-order chi connectivity index (χ1) is 19.3. The van der Waals surface area contributed by atoms with E-state index in [1.807, 2.05) is 0 Å². The van der Waals surface area contributed by atoms with Crippen molar-refractivity contribution >= 4 is 17.7 Å². The van der Waals surface area contributed by atoms with Crippen LogP contribution in [0.15, 0.2) is 28.7 Å². The summed E-state index contributed by atoms with van der Waals surface area (Å²) in [5, 5.41) is 12.1. The number of amides is 3. The molecule has 2 N–H and O–H groups in total. The van der Waals surface area contributed by atoms with Gasteiger partial charge in [0.15, 0.2) is 0 Å². The number of nitrogens with zero attached hydrogens (tertiary/aromatic N) is 3. The Morgan fingerprint density at radius 1 is 1.00 bits per heavy atom. The summed E-state index contributed by atoms with van der Waals surface area (Å²) >= 11 is 0. The Hall–Kier alpha value is -3.82. The van der Waals surface area contributed by atoms with Crippen LogP contribution in [-0.2, 0) is 9.53 Å². The van der Waals surface area contributed by atoms with Gasteiger partial charge in [-0.1, -0.05) is 20.3 Å². The van der Waals surface area contributed by atoms with Crippen LogP contribution in [0.2, 0.25) is 0 Å². The van der Waals surface area contributed by atoms with Crippen LogP contribution >= 0.6 is 0 Å². The molecule has 2 heterocycles. The summed E-state index contributed by atoms with van der Waals surface area (Å²) in [4.78, 5) is 40.1. The molecular weight excluding hydrogens is 561 g/mol. The molecule has 11 nitrogen and oxygen atoms in total. The third-order valence-electron chi connectivity index (χ3n) is 6.04. The number of carbonyl (C=O) groups excluding carboxylic acids is 3. The van der Waals surface area contributed by atoms with Crippen molar-refractivity contribution in [1.29, 1.82) is 0 Å². The van der Waals surface area contributed by atoms with E-state index in [2.05, 4.69) is 25.6 Å². The SMILES string of the molecule is CCCC(F)(F)CC(NC(=O)N1CCOCC1)C(=O)N[C@@H](CC)C(=O)c1nnc(-c2ccc(OC(F)(F)F)cc2)o1. The van der Waals surface area contributed by atoms with Gasteiger partial charge in [0.1, 0.15) is 11.8 Å². The summed E-state index contributed by atoms with van der Waals surface area (Å²) in [5.74, 6) is -6.28. The molecule has 16 heteroatoms. The predicted octanol–water partition coefficient (Wildman–Crippen LogP) is 3.95. The molecule has 0 spiro atoms. The molecule has 1 aromatic carbocycles. The van der Waals surface area contributed by atoms with Crippen molar-refractivity contribution in [2.24, 2.45) is 0 Å². The highest BCUT2D eigenvalue weighted by Gasteiger charge is 2.38. The van der Waals surface area contributed by atoms with Gasteiger partial charge in [0, 0.05) is 31.5 Å². The molecule has 0 saturated carbocycles. The quantitative estimate of drug-likeness (QED) is 0.280. The number of morpholine rings is 1. The van der Waals surface area contributed by atoms with Crippen LogP contribution in [-0.4, -0.2) is 83.5 Å². The van der Waals surface area contributed by atoms with Crippen LogP contribution in [0.4, 0.5) is 26.7 Å². The highest BCUT2D eigenvalue weighted by atomic mass is 19.4. The van der Waals surface area contributed by atoms with Crippen molar-refractivity contribution in [1.82, 2.24) is 25.7 Å². The summed E-state index contributed by atoms with van der Waals surface area (Å²) in [6.45, 7) is 4.08. The number of halogens is 5. The summed E-state index contributed by atoms with van der Waals surface area (Å²) < 4.78 is 80.5. The van der Waals surface area contributed by atoms with E-state index < -0.39 is 66.6 Å². The summed E-state index contributed by atoms with van der Waals surface area (Å²) in [5.41, 5.74) is 0.187. The lowest BCUT2D eigenvalue weighted by Crippen LogP contribution is -2.56. The smallest absolute Gasteiger partial charge is 0.414 e. The van der Waals surface area contributed by atoms with E-state index in [4.69, 9.17) is 9.15 Å². The van der Waals surface area contributed by atoms with Gasteiger partial charge in [-0.3, -0.25) is 9.59 Å². The number of aromatic nitrogens is 2. The molecule has 1 aliphatic heterocycles. The van der Waals surface area contributed by atoms with Gasteiger partial charge in [0.2, 0.25) is 17.6 Å². The van der Waals surface area contributed by atoms with E-state index in [-0.39, 0.29) is 50.6 Å². The number of urea groups is 1. The van der Waals surface area contributed by atoms with Crippen LogP contribution in [0, 0.1) is 0 Å². The van der Waals surface area contributed by atoms with Gasteiger partial charge in [0.05, 0.1) is 19.3 Å². The Balaban J connectivity index is 1.71. The minimum absolute atomic E-state index is 0.0151.